The summed E-state index contributed by atoms with van der Waals surface area (Å²) in [4.78, 5) is 0. The van der Waals surface area contributed by atoms with E-state index in [4.69, 9.17) is 9.84 Å². The number of aliphatic hydroxyl groups excluding tert-OH is 1. The van der Waals surface area contributed by atoms with Crippen molar-refractivity contribution in [3.8, 4) is 0 Å². The lowest BCUT2D eigenvalue weighted by atomic mass is 9.70. The van der Waals surface area contributed by atoms with Crippen LogP contribution >= 0.6 is 0 Å². The van der Waals surface area contributed by atoms with Gasteiger partial charge in [-0.25, -0.2) is 0 Å². The Balaban J connectivity index is 1.83. The van der Waals surface area contributed by atoms with Crippen LogP contribution in [0.4, 0.5) is 0 Å². The number of hydrogen-bond donors (Lipinski definition) is 2. The van der Waals surface area contributed by atoms with Crippen LogP contribution in [0, 0.1) is 5.41 Å². The summed E-state index contributed by atoms with van der Waals surface area (Å²) < 4.78 is 5.14. The second kappa shape index (κ2) is 5.58. The predicted octanol–water partition coefficient (Wildman–Crippen LogP) is 0.775. The van der Waals surface area contributed by atoms with E-state index in [1.165, 1.54) is 19.3 Å². The van der Waals surface area contributed by atoms with Gasteiger partial charge < -0.3 is 15.2 Å². The molecule has 2 N–H and O–H groups in total. The van der Waals surface area contributed by atoms with Crippen LogP contribution in [0.15, 0.2) is 0 Å². The molecule has 1 saturated carbocycles. The summed E-state index contributed by atoms with van der Waals surface area (Å²) in [5.41, 5.74) is 0.553. The summed E-state index contributed by atoms with van der Waals surface area (Å²) >= 11 is 0. The van der Waals surface area contributed by atoms with E-state index >= 15 is 0 Å². The highest BCUT2D eigenvalue weighted by Gasteiger charge is 2.30. The van der Waals surface area contributed by atoms with Crippen LogP contribution in [0.5, 0.6) is 0 Å². The van der Waals surface area contributed by atoms with Crippen LogP contribution in [0.25, 0.3) is 0 Å². The third kappa shape index (κ3) is 4.07. The zero-order valence-electron chi connectivity index (χ0n) is 8.51. The van der Waals surface area contributed by atoms with Crippen molar-refractivity contribution in [3.63, 3.8) is 0 Å². The van der Waals surface area contributed by atoms with Gasteiger partial charge in [-0.05, 0) is 18.3 Å². The summed E-state index contributed by atoms with van der Waals surface area (Å²) in [5, 5.41) is 11.8. The molecule has 78 valence electrons. The molecule has 0 unspecified atom stereocenters. The Hall–Kier alpha value is -0.120. The van der Waals surface area contributed by atoms with Crippen LogP contribution in [0.3, 0.4) is 0 Å². The Morgan fingerprint density at radius 2 is 2.15 bits per heavy atom. The standard InChI is InChI=1S/C10H21NO2/c1-10(3-2-4-10)9-11-5-7-13-8-6-12/h11-12H,2-9H2,1H3. The maximum atomic E-state index is 8.45. The molecule has 3 nitrogen and oxygen atoms in total. The first-order valence-electron chi connectivity index (χ1n) is 5.16. The van der Waals surface area contributed by atoms with Crippen molar-refractivity contribution in [2.75, 3.05) is 32.9 Å². The lowest BCUT2D eigenvalue weighted by Gasteiger charge is -2.38. The molecule has 0 aliphatic heterocycles. The fraction of sp³-hybridized carbons (Fsp3) is 1.00. The van der Waals surface area contributed by atoms with E-state index in [0.717, 1.165) is 13.1 Å². The van der Waals surface area contributed by atoms with Gasteiger partial charge in [0.2, 0.25) is 0 Å². The summed E-state index contributed by atoms with van der Waals surface area (Å²) in [6, 6.07) is 0. The first kappa shape index (κ1) is 11.0. The Labute approximate surface area is 80.5 Å². The summed E-state index contributed by atoms with van der Waals surface area (Å²) in [7, 11) is 0. The molecule has 0 atom stereocenters. The van der Waals surface area contributed by atoms with Gasteiger partial charge in [-0.2, -0.15) is 0 Å². The molecule has 0 heterocycles. The van der Waals surface area contributed by atoms with Crippen molar-refractivity contribution >= 4 is 0 Å². The smallest absolute Gasteiger partial charge is 0.0698 e. The average Bonchev–Trinajstić information content (AvgIpc) is 2.08. The minimum absolute atomic E-state index is 0.123. The molecule has 1 rings (SSSR count). The van der Waals surface area contributed by atoms with Gasteiger partial charge in [-0.3, -0.25) is 0 Å². The molecule has 1 fully saturated rings. The molecule has 3 heteroatoms. The summed E-state index contributed by atoms with van der Waals surface area (Å²) in [6.45, 7) is 5.62. The van der Waals surface area contributed by atoms with Crippen molar-refractivity contribution < 1.29 is 9.84 Å². The Morgan fingerprint density at radius 3 is 2.69 bits per heavy atom. The van der Waals surface area contributed by atoms with Gasteiger partial charge in [0.1, 0.15) is 0 Å². The predicted molar refractivity (Wildman–Crippen MR) is 52.7 cm³/mol. The third-order valence-electron chi connectivity index (χ3n) is 2.77. The Kier molecular flexibility index (Phi) is 4.70. The number of rotatable bonds is 7. The molecule has 0 aromatic carbocycles. The van der Waals surface area contributed by atoms with E-state index in [1.54, 1.807) is 0 Å². The SMILES string of the molecule is CC1(CNCCOCCO)CCC1. The summed E-state index contributed by atoms with van der Waals surface area (Å²) in [6.07, 6.45) is 4.11. The van der Waals surface area contributed by atoms with Crippen molar-refractivity contribution in [2.24, 2.45) is 5.41 Å². The van der Waals surface area contributed by atoms with Crippen molar-refractivity contribution in [3.05, 3.63) is 0 Å². The topological polar surface area (TPSA) is 41.5 Å². The lowest BCUT2D eigenvalue weighted by molar-refractivity contribution is 0.0887. The average molecular weight is 187 g/mol. The summed E-state index contributed by atoms with van der Waals surface area (Å²) in [5.74, 6) is 0. The minimum atomic E-state index is 0.123. The van der Waals surface area contributed by atoms with E-state index in [2.05, 4.69) is 12.2 Å². The van der Waals surface area contributed by atoms with E-state index in [9.17, 15) is 0 Å². The quantitative estimate of drug-likeness (QED) is 0.579. The first-order chi connectivity index (χ1) is 6.27. The zero-order chi connectivity index (χ0) is 9.57. The van der Waals surface area contributed by atoms with Crippen LogP contribution in [0.2, 0.25) is 0 Å². The van der Waals surface area contributed by atoms with Gasteiger partial charge >= 0.3 is 0 Å². The highest BCUT2D eigenvalue weighted by atomic mass is 16.5. The van der Waals surface area contributed by atoms with E-state index in [1.807, 2.05) is 0 Å². The highest BCUT2D eigenvalue weighted by Crippen LogP contribution is 2.39. The number of nitrogens with one attached hydrogen (secondary N) is 1. The van der Waals surface area contributed by atoms with Crippen molar-refractivity contribution in [1.29, 1.82) is 0 Å². The van der Waals surface area contributed by atoms with Gasteiger partial charge in [-0.15, -0.1) is 0 Å². The van der Waals surface area contributed by atoms with Crippen LogP contribution in [0.1, 0.15) is 26.2 Å². The van der Waals surface area contributed by atoms with Crippen LogP contribution < -0.4 is 5.32 Å². The molecule has 0 bridgehead atoms. The zero-order valence-corrected chi connectivity index (χ0v) is 8.51. The molecule has 13 heavy (non-hydrogen) atoms. The Bertz CT molecular complexity index is 135. The number of hydrogen-bond acceptors (Lipinski definition) is 3. The first-order valence-corrected chi connectivity index (χ1v) is 5.16. The normalized spacial score (nSPS) is 19.8. The van der Waals surface area contributed by atoms with Gasteiger partial charge in [0.25, 0.3) is 0 Å². The molecular weight excluding hydrogens is 166 g/mol. The van der Waals surface area contributed by atoms with Gasteiger partial charge in [0.15, 0.2) is 0 Å². The molecule has 0 aromatic rings. The van der Waals surface area contributed by atoms with Crippen LogP contribution in [-0.2, 0) is 4.74 Å². The molecule has 1 aliphatic rings. The van der Waals surface area contributed by atoms with E-state index in [-0.39, 0.29) is 6.61 Å². The van der Waals surface area contributed by atoms with E-state index < -0.39 is 0 Å². The van der Waals surface area contributed by atoms with Gasteiger partial charge in [0.05, 0.1) is 19.8 Å². The molecular formula is C10H21NO2. The molecule has 0 saturated heterocycles. The van der Waals surface area contributed by atoms with E-state index in [0.29, 0.717) is 18.6 Å². The monoisotopic (exact) mass is 187 g/mol. The largest absolute Gasteiger partial charge is 0.394 e. The van der Waals surface area contributed by atoms with Gasteiger partial charge in [0, 0.05) is 13.1 Å². The van der Waals surface area contributed by atoms with Crippen molar-refractivity contribution in [2.45, 2.75) is 26.2 Å². The van der Waals surface area contributed by atoms with Gasteiger partial charge in [-0.1, -0.05) is 13.3 Å². The fourth-order valence-electron chi connectivity index (χ4n) is 1.66. The molecule has 0 aromatic heterocycles. The minimum Gasteiger partial charge on any atom is -0.394 e. The van der Waals surface area contributed by atoms with Crippen LogP contribution in [-0.4, -0.2) is 38.0 Å². The molecule has 0 spiro atoms. The molecule has 0 amide bonds. The highest BCUT2D eigenvalue weighted by molar-refractivity contribution is 4.84. The number of ether oxygens (including phenoxy) is 1. The molecule has 0 radical (unpaired) electrons. The second-order valence-electron chi connectivity index (χ2n) is 4.18. The second-order valence-corrected chi connectivity index (χ2v) is 4.18. The Morgan fingerprint density at radius 1 is 1.38 bits per heavy atom. The maximum Gasteiger partial charge on any atom is 0.0698 e. The fourth-order valence-corrected chi connectivity index (χ4v) is 1.66. The lowest BCUT2D eigenvalue weighted by Crippen LogP contribution is -2.38. The maximum absolute atomic E-state index is 8.45. The molecule has 1 aliphatic carbocycles. The third-order valence-corrected chi connectivity index (χ3v) is 2.77. The number of aliphatic hydroxyl groups is 1. The van der Waals surface area contributed by atoms with Crippen molar-refractivity contribution in [1.82, 2.24) is 5.32 Å².